The summed E-state index contributed by atoms with van der Waals surface area (Å²) in [6, 6.07) is 0. The standard InChI is InChI=1S/C13H20O2/c1-6-7-8(2)13(14)12-9(3)10(4)15-11(12)5/h8H,6-7H2,1-5H3. The van der Waals surface area contributed by atoms with Crippen LogP contribution in [0.15, 0.2) is 4.42 Å². The molecule has 0 fully saturated rings. The van der Waals surface area contributed by atoms with Gasteiger partial charge in [-0.25, -0.2) is 0 Å². The lowest BCUT2D eigenvalue weighted by atomic mass is 9.93. The molecule has 1 atom stereocenters. The lowest BCUT2D eigenvalue weighted by molar-refractivity contribution is 0.0921. The molecule has 1 unspecified atom stereocenters. The number of furan rings is 1. The number of Topliss-reactive ketones (excluding diaryl/α,β-unsaturated/α-hetero) is 1. The molecule has 1 heterocycles. The van der Waals surface area contributed by atoms with Crippen LogP contribution in [-0.4, -0.2) is 5.78 Å². The Morgan fingerprint density at radius 3 is 2.27 bits per heavy atom. The van der Waals surface area contributed by atoms with E-state index in [4.69, 9.17) is 4.42 Å². The lowest BCUT2D eigenvalue weighted by Gasteiger charge is -2.08. The Labute approximate surface area is 91.7 Å². The highest BCUT2D eigenvalue weighted by Crippen LogP contribution is 2.24. The molecule has 0 aromatic carbocycles. The quantitative estimate of drug-likeness (QED) is 0.704. The largest absolute Gasteiger partial charge is 0.466 e. The van der Waals surface area contributed by atoms with Gasteiger partial charge in [-0.1, -0.05) is 20.3 Å². The summed E-state index contributed by atoms with van der Waals surface area (Å²) in [7, 11) is 0. The van der Waals surface area contributed by atoms with Crippen LogP contribution in [0.2, 0.25) is 0 Å². The number of hydrogen-bond donors (Lipinski definition) is 0. The van der Waals surface area contributed by atoms with Crippen molar-refractivity contribution in [3.8, 4) is 0 Å². The molecular formula is C13H20O2. The summed E-state index contributed by atoms with van der Waals surface area (Å²) in [6.07, 6.45) is 1.99. The Morgan fingerprint density at radius 1 is 1.27 bits per heavy atom. The van der Waals surface area contributed by atoms with Crippen molar-refractivity contribution in [2.45, 2.75) is 47.5 Å². The summed E-state index contributed by atoms with van der Waals surface area (Å²) in [5, 5.41) is 0. The average molecular weight is 208 g/mol. The minimum Gasteiger partial charge on any atom is -0.466 e. The molecule has 1 aromatic rings. The second-order valence-electron chi connectivity index (χ2n) is 4.27. The maximum Gasteiger partial charge on any atom is 0.169 e. The fraction of sp³-hybridized carbons (Fsp3) is 0.615. The number of carbonyl (C=O) groups excluding carboxylic acids is 1. The summed E-state index contributed by atoms with van der Waals surface area (Å²) in [6.45, 7) is 9.82. The van der Waals surface area contributed by atoms with Crippen molar-refractivity contribution < 1.29 is 9.21 Å². The molecule has 1 aromatic heterocycles. The van der Waals surface area contributed by atoms with E-state index in [0.29, 0.717) is 0 Å². The topological polar surface area (TPSA) is 30.2 Å². The zero-order valence-electron chi connectivity index (χ0n) is 10.3. The summed E-state index contributed by atoms with van der Waals surface area (Å²) in [4.78, 5) is 12.1. The third-order valence-corrected chi connectivity index (χ3v) is 2.98. The van der Waals surface area contributed by atoms with Gasteiger partial charge in [0, 0.05) is 11.5 Å². The molecule has 15 heavy (non-hydrogen) atoms. The zero-order chi connectivity index (χ0) is 11.6. The molecule has 0 aliphatic carbocycles. The number of ketones is 1. The predicted molar refractivity (Wildman–Crippen MR) is 61.3 cm³/mol. The molecule has 1 rings (SSSR count). The summed E-state index contributed by atoms with van der Waals surface area (Å²) < 4.78 is 5.47. The van der Waals surface area contributed by atoms with Gasteiger partial charge in [0.2, 0.25) is 0 Å². The first-order valence-corrected chi connectivity index (χ1v) is 5.59. The molecule has 0 bridgehead atoms. The van der Waals surface area contributed by atoms with Gasteiger partial charge in [-0.15, -0.1) is 0 Å². The monoisotopic (exact) mass is 208 g/mol. The first-order chi connectivity index (χ1) is 6.99. The number of rotatable bonds is 4. The molecule has 2 nitrogen and oxygen atoms in total. The van der Waals surface area contributed by atoms with Crippen molar-refractivity contribution in [1.82, 2.24) is 0 Å². The molecule has 0 radical (unpaired) electrons. The summed E-state index contributed by atoms with van der Waals surface area (Å²) in [5.74, 6) is 1.95. The third kappa shape index (κ3) is 2.31. The van der Waals surface area contributed by atoms with E-state index in [1.807, 2.05) is 27.7 Å². The van der Waals surface area contributed by atoms with Gasteiger partial charge in [0.15, 0.2) is 5.78 Å². The van der Waals surface area contributed by atoms with Gasteiger partial charge < -0.3 is 4.42 Å². The molecule has 0 saturated heterocycles. The maximum absolute atomic E-state index is 12.1. The van der Waals surface area contributed by atoms with Crippen LogP contribution in [0, 0.1) is 26.7 Å². The second kappa shape index (κ2) is 4.65. The molecule has 0 aliphatic rings. The SMILES string of the molecule is CCCC(C)C(=O)c1c(C)oc(C)c1C. The van der Waals surface area contributed by atoms with E-state index in [1.54, 1.807) is 0 Å². The molecule has 0 spiro atoms. The molecule has 84 valence electrons. The van der Waals surface area contributed by atoms with Crippen molar-refractivity contribution >= 4 is 5.78 Å². The van der Waals surface area contributed by atoms with Crippen molar-refractivity contribution in [3.05, 3.63) is 22.6 Å². The smallest absolute Gasteiger partial charge is 0.169 e. The van der Waals surface area contributed by atoms with E-state index in [-0.39, 0.29) is 11.7 Å². The van der Waals surface area contributed by atoms with Crippen molar-refractivity contribution in [3.63, 3.8) is 0 Å². The van der Waals surface area contributed by atoms with E-state index < -0.39 is 0 Å². The summed E-state index contributed by atoms with van der Waals surface area (Å²) >= 11 is 0. The molecule has 0 amide bonds. The number of aryl methyl sites for hydroxylation is 2. The minimum atomic E-state index is 0.101. The van der Waals surface area contributed by atoms with Crippen LogP contribution in [0.3, 0.4) is 0 Å². The summed E-state index contributed by atoms with van der Waals surface area (Å²) in [5.41, 5.74) is 1.80. The van der Waals surface area contributed by atoms with Gasteiger partial charge in [0.1, 0.15) is 11.5 Å². The Hall–Kier alpha value is -1.05. The molecule has 2 heteroatoms. The lowest BCUT2D eigenvalue weighted by Crippen LogP contribution is -2.12. The number of hydrogen-bond acceptors (Lipinski definition) is 2. The Morgan fingerprint density at radius 2 is 1.87 bits per heavy atom. The van der Waals surface area contributed by atoms with Crippen LogP contribution in [-0.2, 0) is 0 Å². The van der Waals surface area contributed by atoms with E-state index in [2.05, 4.69) is 6.92 Å². The van der Waals surface area contributed by atoms with E-state index in [9.17, 15) is 4.79 Å². The highest BCUT2D eigenvalue weighted by atomic mass is 16.3. The first-order valence-electron chi connectivity index (χ1n) is 5.59. The van der Waals surface area contributed by atoms with Gasteiger partial charge >= 0.3 is 0 Å². The van der Waals surface area contributed by atoms with Crippen LogP contribution in [0.5, 0.6) is 0 Å². The van der Waals surface area contributed by atoms with Crippen LogP contribution in [0.1, 0.15) is 54.1 Å². The van der Waals surface area contributed by atoms with Gasteiger partial charge in [0.25, 0.3) is 0 Å². The van der Waals surface area contributed by atoms with E-state index in [1.165, 1.54) is 0 Å². The molecule has 0 N–H and O–H groups in total. The third-order valence-electron chi connectivity index (χ3n) is 2.98. The second-order valence-corrected chi connectivity index (χ2v) is 4.27. The Kier molecular flexibility index (Phi) is 3.72. The fourth-order valence-electron chi connectivity index (χ4n) is 1.97. The van der Waals surface area contributed by atoms with E-state index >= 15 is 0 Å². The van der Waals surface area contributed by atoms with Crippen LogP contribution < -0.4 is 0 Å². The normalized spacial score (nSPS) is 12.9. The van der Waals surface area contributed by atoms with E-state index in [0.717, 1.165) is 35.5 Å². The van der Waals surface area contributed by atoms with Crippen molar-refractivity contribution in [2.24, 2.45) is 5.92 Å². The fourth-order valence-corrected chi connectivity index (χ4v) is 1.97. The van der Waals surface area contributed by atoms with Gasteiger partial charge in [-0.05, 0) is 27.2 Å². The van der Waals surface area contributed by atoms with Crippen LogP contribution >= 0.6 is 0 Å². The predicted octanol–water partition coefficient (Wildman–Crippen LogP) is 3.82. The molecule has 0 saturated carbocycles. The highest BCUT2D eigenvalue weighted by Gasteiger charge is 2.22. The van der Waals surface area contributed by atoms with Gasteiger partial charge in [0.05, 0.1) is 5.56 Å². The van der Waals surface area contributed by atoms with Gasteiger partial charge in [-0.3, -0.25) is 4.79 Å². The van der Waals surface area contributed by atoms with Crippen molar-refractivity contribution in [2.75, 3.05) is 0 Å². The molecule has 0 aliphatic heterocycles. The minimum absolute atomic E-state index is 0.101. The molecular weight excluding hydrogens is 188 g/mol. The van der Waals surface area contributed by atoms with Crippen molar-refractivity contribution in [1.29, 1.82) is 0 Å². The highest BCUT2D eigenvalue weighted by molar-refractivity contribution is 6.00. The number of carbonyl (C=O) groups is 1. The Bertz CT molecular complexity index is 361. The van der Waals surface area contributed by atoms with Crippen LogP contribution in [0.25, 0.3) is 0 Å². The van der Waals surface area contributed by atoms with Gasteiger partial charge in [-0.2, -0.15) is 0 Å². The maximum atomic E-state index is 12.1. The zero-order valence-corrected chi connectivity index (χ0v) is 10.3. The average Bonchev–Trinajstić information content (AvgIpc) is 2.41. The first kappa shape index (κ1) is 12.0. The Balaban J connectivity index is 3.00. The van der Waals surface area contributed by atoms with Crippen LogP contribution in [0.4, 0.5) is 0 Å².